The quantitative estimate of drug-likeness (QED) is 0.682. The minimum absolute atomic E-state index is 0.464. The van der Waals surface area contributed by atoms with E-state index in [0.29, 0.717) is 6.07 Å². The number of nitrogens with zero attached hydrogens (tertiary/aromatic N) is 1. The summed E-state index contributed by atoms with van der Waals surface area (Å²) in [5.41, 5.74) is -2.44. The van der Waals surface area contributed by atoms with Crippen LogP contribution in [0.5, 0.6) is 0 Å². The van der Waals surface area contributed by atoms with Gasteiger partial charge >= 0.3 is 6.18 Å². The van der Waals surface area contributed by atoms with Crippen LogP contribution in [0.4, 0.5) is 22.0 Å². The zero-order chi connectivity index (χ0) is 11.8. The van der Waals surface area contributed by atoms with Crippen molar-refractivity contribution in [1.29, 1.82) is 0 Å². The highest BCUT2D eigenvalue weighted by molar-refractivity contribution is 6.31. The van der Waals surface area contributed by atoms with Gasteiger partial charge < -0.3 is 0 Å². The van der Waals surface area contributed by atoms with Gasteiger partial charge in [0.25, 0.3) is 6.43 Å². The van der Waals surface area contributed by atoms with Crippen LogP contribution < -0.4 is 0 Å². The second-order valence-electron chi connectivity index (χ2n) is 2.79. The van der Waals surface area contributed by atoms with E-state index in [9.17, 15) is 22.0 Å². The Morgan fingerprint density at radius 1 is 1.33 bits per heavy atom. The van der Waals surface area contributed by atoms with E-state index in [0.717, 1.165) is 6.92 Å². The highest BCUT2D eigenvalue weighted by atomic mass is 35.5. The zero-order valence-electron chi connectivity index (χ0n) is 7.37. The predicted octanol–water partition coefficient (Wildman–Crippen LogP) is 4.00. The zero-order valence-corrected chi connectivity index (χ0v) is 8.13. The minimum Gasteiger partial charge on any atom is -0.250 e. The Labute approximate surface area is 86.9 Å². The Morgan fingerprint density at radius 3 is 2.27 bits per heavy atom. The van der Waals surface area contributed by atoms with E-state index in [-0.39, 0.29) is 0 Å². The van der Waals surface area contributed by atoms with Crippen LogP contribution in [-0.4, -0.2) is 4.98 Å². The third kappa shape index (κ3) is 2.56. The van der Waals surface area contributed by atoms with Crippen molar-refractivity contribution in [3.05, 3.63) is 28.0 Å². The monoisotopic (exact) mass is 245 g/mol. The van der Waals surface area contributed by atoms with Crippen molar-refractivity contribution in [2.45, 2.75) is 19.5 Å². The third-order valence-electron chi connectivity index (χ3n) is 1.71. The highest BCUT2D eigenvalue weighted by Crippen LogP contribution is 2.35. The van der Waals surface area contributed by atoms with E-state index in [1.165, 1.54) is 0 Å². The molecular weight excluding hydrogens is 241 g/mol. The number of rotatable bonds is 1. The van der Waals surface area contributed by atoms with Crippen LogP contribution in [0, 0.1) is 6.92 Å². The van der Waals surface area contributed by atoms with Crippen molar-refractivity contribution in [2.24, 2.45) is 0 Å². The third-order valence-corrected chi connectivity index (χ3v) is 2.01. The molecule has 0 aliphatic heterocycles. The van der Waals surface area contributed by atoms with E-state index in [4.69, 9.17) is 11.6 Å². The lowest BCUT2D eigenvalue weighted by molar-refractivity contribution is -0.138. The second-order valence-corrected chi connectivity index (χ2v) is 3.19. The number of aryl methyl sites for hydroxylation is 1. The first-order chi connectivity index (χ1) is 6.73. The van der Waals surface area contributed by atoms with Crippen LogP contribution in [-0.2, 0) is 6.18 Å². The van der Waals surface area contributed by atoms with Gasteiger partial charge in [0.05, 0.1) is 16.3 Å². The minimum atomic E-state index is -4.64. The Bertz CT molecular complexity index is 374. The highest BCUT2D eigenvalue weighted by Gasteiger charge is 2.34. The van der Waals surface area contributed by atoms with Crippen molar-refractivity contribution < 1.29 is 22.0 Å². The van der Waals surface area contributed by atoms with Crippen molar-refractivity contribution in [2.75, 3.05) is 0 Å². The number of alkyl halides is 5. The van der Waals surface area contributed by atoms with E-state index in [1.807, 2.05) is 0 Å². The fourth-order valence-corrected chi connectivity index (χ4v) is 1.27. The van der Waals surface area contributed by atoms with Crippen LogP contribution in [0.1, 0.15) is 23.4 Å². The average Bonchev–Trinajstić information content (AvgIpc) is 2.06. The number of aromatic nitrogens is 1. The first kappa shape index (κ1) is 12.2. The Morgan fingerprint density at radius 2 is 1.87 bits per heavy atom. The van der Waals surface area contributed by atoms with Gasteiger partial charge in [-0.15, -0.1) is 0 Å². The molecule has 0 spiro atoms. The molecule has 1 aromatic heterocycles. The number of halogens is 6. The van der Waals surface area contributed by atoms with Gasteiger partial charge in [0.1, 0.15) is 5.69 Å². The molecule has 0 aliphatic carbocycles. The molecule has 84 valence electrons. The Hall–Kier alpha value is -0.910. The molecule has 0 N–H and O–H groups in total. The van der Waals surface area contributed by atoms with Gasteiger partial charge in [-0.1, -0.05) is 11.6 Å². The van der Waals surface area contributed by atoms with Crippen LogP contribution in [0.3, 0.4) is 0 Å². The molecule has 0 fully saturated rings. The normalized spacial score (nSPS) is 12.3. The first-order valence-corrected chi connectivity index (χ1v) is 4.13. The number of hydrogen-bond acceptors (Lipinski definition) is 1. The molecule has 0 saturated carbocycles. The Kier molecular flexibility index (Phi) is 3.18. The molecular formula is C8H5ClF5N. The molecule has 7 heteroatoms. The van der Waals surface area contributed by atoms with Crippen molar-refractivity contribution in [3.8, 4) is 0 Å². The van der Waals surface area contributed by atoms with E-state index >= 15 is 0 Å². The summed E-state index contributed by atoms with van der Waals surface area (Å²) in [5.74, 6) is 0. The van der Waals surface area contributed by atoms with Gasteiger partial charge in [-0.2, -0.15) is 13.2 Å². The summed E-state index contributed by atoms with van der Waals surface area (Å²) >= 11 is 5.26. The summed E-state index contributed by atoms with van der Waals surface area (Å²) in [4.78, 5) is 3.14. The van der Waals surface area contributed by atoms with Crippen LogP contribution in [0.25, 0.3) is 0 Å². The summed E-state index contributed by atoms with van der Waals surface area (Å²) in [7, 11) is 0. The van der Waals surface area contributed by atoms with Gasteiger partial charge in [0.2, 0.25) is 0 Å². The largest absolute Gasteiger partial charge is 0.418 e. The molecule has 0 aliphatic rings. The fraction of sp³-hybridized carbons (Fsp3) is 0.375. The van der Waals surface area contributed by atoms with E-state index < -0.39 is 34.6 Å². The summed E-state index contributed by atoms with van der Waals surface area (Å²) in [5, 5.41) is -0.678. The maximum Gasteiger partial charge on any atom is 0.418 e. The summed E-state index contributed by atoms with van der Waals surface area (Å²) in [6.07, 6.45) is -7.63. The molecule has 1 nitrogen and oxygen atoms in total. The Balaban J connectivity index is 3.32. The van der Waals surface area contributed by atoms with Crippen LogP contribution in [0.15, 0.2) is 6.07 Å². The second kappa shape index (κ2) is 3.92. The molecule has 0 unspecified atom stereocenters. The molecule has 1 rings (SSSR count). The number of pyridine rings is 1. The van der Waals surface area contributed by atoms with E-state index in [2.05, 4.69) is 4.98 Å². The molecule has 0 atom stereocenters. The predicted molar refractivity (Wildman–Crippen MR) is 43.9 cm³/mol. The fourth-order valence-electron chi connectivity index (χ4n) is 1.04. The molecule has 1 aromatic rings. The van der Waals surface area contributed by atoms with Crippen LogP contribution >= 0.6 is 11.6 Å². The van der Waals surface area contributed by atoms with Crippen molar-refractivity contribution >= 4 is 11.6 Å². The molecule has 0 saturated heterocycles. The van der Waals surface area contributed by atoms with Crippen LogP contribution in [0.2, 0.25) is 5.02 Å². The topological polar surface area (TPSA) is 12.9 Å². The van der Waals surface area contributed by atoms with Gasteiger partial charge in [0.15, 0.2) is 0 Å². The maximum absolute atomic E-state index is 12.3. The SMILES string of the molecule is Cc1nc(C(F)F)c(Cl)cc1C(F)(F)F. The molecule has 1 heterocycles. The lowest BCUT2D eigenvalue weighted by Crippen LogP contribution is -2.10. The van der Waals surface area contributed by atoms with Crippen molar-refractivity contribution in [1.82, 2.24) is 4.98 Å². The van der Waals surface area contributed by atoms with Gasteiger partial charge in [0, 0.05) is 0 Å². The molecule has 15 heavy (non-hydrogen) atoms. The van der Waals surface area contributed by atoms with Gasteiger partial charge in [-0.05, 0) is 13.0 Å². The van der Waals surface area contributed by atoms with Gasteiger partial charge in [-0.3, -0.25) is 0 Å². The number of hydrogen-bond donors (Lipinski definition) is 0. The lowest BCUT2D eigenvalue weighted by Gasteiger charge is -2.11. The molecule has 0 bridgehead atoms. The molecule has 0 radical (unpaired) electrons. The van der Waals surface area contributed by atoms with Gasteiger partial charge in [-0.25, -0.2) is 13.8 Å². The maximum atomic E-state index is 12.3. The standard InChI is InChI=1S/C8H5ClF5N/c1-3-4(8(12,13)14)2-5(9)6(15-3)7(10)11/h2,7H,1H3. The average molecular weight is 246 g/mol. The summed E-state index contributed by atoms with van der Waals surface area (Å²) in [6, 6.07) is 0.464. The summed E-state index contributed by atoms with van der Waals surface area (Å²) < 4.78 is 61.2. The van der Waals surface area contributed by atoms with E-state index in [1.54, 1.807) is 0 Å². The molecule has 0 amide bonds. The summed E-state index contributed by atoms with van der Waals surface area (Å²) in [6.45, 7) is 1.00. The first-order valence-electron chi connectivity index (χ1n) is 3.76. The van der Waals surface area contributed by atoms with Crippen molar-refractivity contribution in [3.63, 3.8) is 0 Å². The lowest BCUT2D eigenvalue weighted by atomic mass is 10.2. The smallest absolute Gasteiger partial charge is 0.250 e. The molecule has 0 aromatic carbocycles.